The lowest BCUT2D eigenvalue weighted by Crippen LogP contribution is -2.34. The SMILES string of the molecule is Cc1cc(F)ccc1[C@@H]1[C@@H](CNC2CC2)CCN1C(=O)O. The molecule has 1 saturated heterocycles. The second-order valence-corrected chi connectivity index (χ2v) is 6.15. The van der Waals surface area contributed by atoms with Crippen LogP contribution in [0.2, 0.25) is 0 Å². The van der Waals surface area contributed by atoms with E-state index < -0.39 is 6.09 Å². The number of hydrogen-bond acceptors (Lipinski definition) is 2. The van der Waals surface area contributed by atoms with Crippen LogP contribution in [0.1, 0.15) is 36.4 Å². The number of likely N-dealkylation sites (tertiary alicyclic amines) is 1. The van der Waals surface area contributed by atoms with Crippen LogP contribution in [0.4, 0.5) is 9.18 Å². The molecule has 2 N–H and O–H groups in total. The maximum Gasteiger partial charge on any atom is 0.407 e. The van der Waals surface area contributed by atoms with Gasteiger partial charge in [-0.1, -0.05) is 6.07 Å². The number of carboxylic acid groups (broad SMARTS) is 1. The van der Waals surface area contributed by atoms with Gasteiger partial charge in [0.1, 0.15) is 5.82 Å². The summed E-state index contributed by atoms with van der Waals surface area (Å²) in [7, 11) is 0. The summed E-state index contributed by atoms with van der Waals surface area (Å²) >= 11 is 0. The van der Waals surface area contributed by atoms with Gasteiger partial charge in [0.25, 0.3) is 0 Å². The first-order chi connectivity index (χ1) is 10.1. The van der Waals surface area contributed by atoms with Gasteiger partial charge in [-0.05, 0) is 55.4 Å². The molecule has 4 nitrogen and oxygen atoms in total. The lowest BCUT2D eigenvalue weighted by molar-refractivity contribution is 0.134. The topological polar surface area (TPSA) is 52.6 Å². The van der Waals surface area contributed by atoms with Crippen LogP contribution >= 0.6 is 0 Å². The lowest BCUT2D eigenvalue weighted by atomic mass is 9.90. The van der Waals surface area contributed by atoms with E-state index >= 15 is 0 Å². The van der Waals surface area contributed by atoms with Gasteiger partial charge in [-0.3, -0.25) is 0 Å². The van der Waals surface area contributed by atoms with E-state index in [1.165, 1.54) is 29.9 Å². The normalized spacial score (nSPS) is 25.3. The van der Waals surface area contributed by atoms with Crippen molar-refractivity contribution < 1.29 is 14.3 Å². The van der Waals surface area contributed by atoms with E-state index in [0.29, 0.717) is 12.6 Å². The molecule has 21 heavy (non-hydrogen) atoms. The highest BCUT2D eigenvalue weighted by atomic mass is 19.1. The predicted octanol–water partition coefficient (Wildman–Crippen LogP) is 2.93. The van der Waals surface area contributed by atoms with Crippen LogP contribution in [0.3, 0.4) is 0 Å². The summed E-state index contributed by atoms with van der Waals surface area (Å²) in [6, 6.07) is 5.08. The van der Waals surface area contributed by atoms with Gasteiger partial charge in [-0.2, -0.15) is 0 Å². The van der Waals surface area contributed by atoms with Crippen LogP contribution in [0, 0.1) is 18.7 Å². The molecule has 1 saturated carbocycles. The fourth-order valence-electron chi connectivity index (χ4n) is 3.28. The number of hydrogen-bond donors (Lipinski definition) is 2. The van der Waals surface area contributed by atoms with E-state index in [9.17, 15) is 14.3 Å². The maximum atomic E-state index is 13.3. The molecule has 2 aliphatic rings. The van der Waals surface area contributed by atoms with Crippen LogP contribution in [0.15, 0.2) is 18.2 Å². The summed E-state index contributed by atoms with van der Waals surface area (Å²) in [6.45, 7) is 3.23. The zero-order chi connectivity index (χ0) is 15.0. The third-order valence-electron chi connectivity index (χ3n) is 4.57. The van der Waals surface area contributed by atoms with Gasteiger partial charge in [0.05, 0.1) is 6.04 Å². The van der Waals surface area contributed by atoms with Crippen molar-refractivity contribution in [3.05, 3.63) is 35.1 Å². The van der Waals surface area contributed by atoms with Gasteiger partial charge in [0.2, 0.25) is 0 Å². The summed E-state index contributed by atoms with van der Waals surface area (Å²) < 4.78 is 13.3. The number of amides is 1. The minimum atomic E-state index is -0.891. The molecule has 114 valence electrons. The van der Waals surface area contributed by atoms with E-state index in [0.717, 1.165) is 24.1 Å². The third-order valence-corrected chi connectivity index (χ3v) is 4.57. The number of carbonyl (C=O) groups is 1. The third kappa shape index (κ3) is 3.02. The van der Waals surface area contributed by atoms with Crippen LogP contribution in [0.5, 0.6) is 0 Å². The number of benzene rings is 1. The van der Waals surface area contributed by atoms with E-state index in [-0.39, 0.29) is 17.8 Å². The van der Waals surface area contributed by atoms with Crippen molar-refractivity contribution in [2.75, 3.05) is 13.1 Å². The quantitative estimate of drug-likeness (QED) is 0.897. The Hall–Kier alpha value is -1.62. The van der Waals surface area contributed by atoms with Gasteiger partial charge in [0, 0.05) is 19.1 Å². The standard InChI is InChI=1S/C16H21FN2O2/c1-10-8-12(17)2-5-14(10)15-11(9-18-13-3-4-13)6-7-19(15)16(20)21/h2,5,8,11,13,15,18H,3-4,6-7,9H2,1H3,(H,20,21)/t11-,15+/m1/s1. The Kier molecular flexibility index (Phi) is 3.85. The molecule has 1 amide bonds. The van der Waals surface area contributed by atoms with Crippen molar-refractivity contribution in [1.29, 1.82) is 0 Å². The van der Waals surface area contributed by atoms with Gasteiger partial charge in [-0.15, -0.1) is 0 Å². The summed E-state index contributed by atoms with van der Waals surface area (Å²) in [5, 5.41) is 12.9. The van der Waals surface area contributed by atoms with Crippen LogP contribution in [-0.2, 0) is 0 Å². The summed E-state index contributed by atoms with van der Waals surface area (Å²) in [6.07, 6.45) is 2.40. The molecular formula is C16H21FN2O2. The molecule has 2 atom stereocenters. The van der Waals surface area contributed by atoms with Crippen molar-refractivity contribution in [3.8, 4) is 0 Å². The average molecular weight is 292 g/mol. The smallest absolute Gasteiger partial charge is 0.407 e. The van der Waals surface area contributed by atoms with Crippen molar-refractivity contribution >= 4 is 6.09 Å². The number of nitrogens with one attached hydrogen (secondary N) is 1. The molecule has 1 aromatic carbocycles. The first-order valence-electron chi connectivity index (χ1n) is 7.55. The van der Waals surface area contributed by atoms with Crippen molar-refractivity contribution in [2.45, 2.75) is 38.3 Å². The summed E-state index contributed by atoms with van der Waals surface area (Å²) in [5.74, 6) is -0.0189. The Balaban J connectivity index is 1.85. The van der Waals surface area contributed by atoms with E-state index in [2.05, 4.69) is 5.32 Å². The molecule has 1 aliphatic carbocycles. The van der Waals surface area contributed by atoms with E-state index in [1.807, 2.05) is 6.92 Å². The zero-order valence-corrected chi connectivity index (χ0v) is 12.2. The molecule has 1 aliphatic heterocycles. The summed E-state index contributed by atoms with van der Waals surface area (Å²) in [4.78, 5) is 13.0. The Labute approximate surface area is 124 Å². The number of nitrogens with zero attached hydrogens (tertiary/aromatic N) is 1. The van der Waals surface area contributed by atoms with Crippen LogP contribution in [0.25, 0.3) is 0 Å². The molecule has 5 heteroatoms. The number of rotatable bonds is 4. The van der Waals surface area contributed by atoms with Crippen LogP contribution < -0.4 is 5.32 Å². The van der Waals surface area contributed by atoms with Gasteiger partial charge < -0.3 is 15.3 Å². The molecule has 3 rings (SSSR count). The molecular weight excluding hydrogens is 271 g/mol. The highest BCUT2D eigenvalue weighted by molar-refractivity contribution is 5.66. The Morgan fingerprint density at radius 2 is 2.19 bits per heavy atom. The Morgan fingerprint density at radius 1 is 1.43 bits per heavy atom. The molecule has 2 fully saturated rings. The number of halogens is 1. The fourth-order valence-corrected chi connectivity index (χ4v) is 3.28. The molecule has 1 heterocycles. The molecule has 0 unspecified atom stereocenters. The van der Waals surface area contributed by atoms with Crippen molar-refractivity contribution in [3.63, 3.8) is 0 Å². The van der Waals surface area contributed by atoms with Gasteiger partial charge in [0.15, 0.2) is 0 Å². The molecule has 0 radical (unpaired) electrons. The zero-order valence-electron chi connectivity index (χ0n) is 12.2. The lowest BCUT2D eigenvalue weighted by Gasteiger charge is -2.28. The molecule has 1 aromatic rings. The largest absolute Gasteiger partial charge is 0.465 e. The molecule has 0 spiro atoms. The van der Waals surface area contributed by atoms with Gasteiger partial charge in [-0.25, -0.2) is 9.18 Å². The minimum Gasteiger partial charge on any atom is -0.465 e. The highest BCUT2D eigenvalue weighted by Gasteiger charge is 2.39. The molecule has 0 bridgehead atoms. The summed E-state index contributed by atoms with van der Waals surface area (Å²) in [5.41, 5.74) is 1.75. The second-order valence-electron chi connectivity index (χ2n) is 6.15. The maximum absolute atomic E-state index is 13.3. The predicted molar refractivity (Wildman–Crippen MR) is 77.7 cm³/mol. The van der Waals surface area contributed by atoms with Crippen LogP contribution in [-0.4, -0.2) is 35.2 Å². The highest BCUT2D eigenvalue weighted by Crippen LogP contribution is 2.39. The Morgan fingerprint density at radius 3 is 2.81 bits per heavy atom. The average Bonchev–Trinajstić information content (AvgIpc) is 3.16. The fraction of sp³-hybridized carbons (Fsp3) is 0.562. The molecule has 0 aromatic heterocycles. The van der Waals surface area contributed by atoms with E-state index in [4.69, 9.17) is 0 Å². The minimum absolute atomic E-state index is 0.172. The van der Waals surface area contributed by atoms with Crippen molar-refractivity contribution in [1.82, 2.24) is 10.2 Å². The van der Waals surface area contributed by atoms with E-state index in [1.54, 1.807) is 6.07 Å². The van der Waals surface area contributed by atoms with Gasteiger partial charge >= 0.3 is 6.09 Å². The number of aryl methyl sites for hydroxylation is 1. The first-order valence-corrected chi connectivity index (χ1v) is 7.55. The van der Waals surface area contributed by atoms with Crippen molar-refractivity contribution in [2.24, 2.45) is 5.92 Å². The Bertz CT molecular complexity index is 545. The second kappa shape index (κ2) is 5.64. The monoisotopic (exact) mass is 292 g/mol. The first kappa shape index (κ1) is 14.3.